The third-order valence-electron chi connectivity index (χ3n) is 15.3. The average Bonchev–Trinajstić information content (AvgIpc) is 3.86. The lowest BCUT2D eigenvalue weighted by atomic mass is 9.64. The highest BCUT2D eigenvalue weighted by Crippen LogP contribution is 2.65. The maximum atomic E-state index is 5.16. The van der Waals surface area contributed by atoms with Gasteiger partial charge in [0.2, 0.25) is 0 Å². The third-order valence-corrected chi connectivity index (χ3v) is 15.3. The van der Waals surface area contributed by atoms with Crippen molar-refractivity contribution in [3.63, 3.8) is 0 Å². The van der Waals surface area contributed by atoms with Crippen molar-refractivity contribution in [2.75, 3.05) is 4.90 Å². The van der Waals surface area contributed by atoms with Crippen LogP contribution in [0.15, 0.2) is 243 Å². The SMILES string of the molecule is CC1(C)c2ccccc2-c2ccc(-c3ccc4c(c3)-c3c(-c5cccc(-c6nc(-c7ccccc7)nc(-c7ccccc7)n6)c5)cccc3C43c4ccccc4N(c4ccccc4)c4ccccc43)cc21. The zero-order valence-corrected chi connectivity index (χ0v) is 39.4. The Morgan fingerprint density at radius 2 is 0.775 bits per heavy atom. The van der Waals surface area contributed by atoms with Gasteiger partial charge in [-0.25, -0.2) is 15.0 Å². The summed E-state index contributed by atoms with van der Waals surface area (Å²) >= 11 is 0. The predicted molar refractivity (Wildman–Crippen MR) is 290 cm³/mol. The van der Waals surface area contributed by atoms with E-state index in [9.17, 15) is 0 Å². The third kappa shape index (κ3) is 6.14. The molecule has 11 aromatic rings. The number of anilines is 3. The molecule has 1 aromatic heterocycles. The van der Waals surface area contributed by atoms with E-state index in [-0.39, 0.29) is 5.41 Å². The zero-order chi connectivity index (χ0) is 47.3. The summed E-state index contributed by atoms with van der Waals surface area (Å²) in [7, 11) is 0. The molecule has 0 atom stereocenters. The van der Waals surface area contributed by atoms with E-state index in [1.165, 1.54) is 78.1 Å². The highest BCUT2D eigenvalue weighted by atomic mass is 15.2. The molecule has 71 heavy (non-hydrogen) atoms. The van der Waals surface area contributed by atoms with Crippen LogP contribution in [0.1, 0.15) is 47.2 Å². The highest BCUT2D eigenvalue weighted by Gasteiger charge is 2.52. The Hall–Kier alpha value is -8.99. The van der Waals surface area contributed by atoms with Gasteiger partial charge in [-0.1, -0.05) is 214 Å². The molecule has 10 aromatic carbocycles. The van der Waals surface area contributed by atoms with Crippen LogP contribution in [0, 0.1) is 0 Å². The monoisotopic (exact) mass is 906 g/mol. The summed E-state index contributed by atoms with van der Waals surface area (Å²) in [5.74, 6) is 1.91. The summed E-state index contributed by atoms with van der Waals surface area (Å²) in [6.07, 6.45) is 0. The van der Waals surface area contributed by atoms with Crippen molar-refractivity contribution in [2.45, 2.75) is 24.7 Å². The summed E-state index contributed by atoms with van der Waals surface area (Å²) in [4.78, 5) is 17.8. The first-order valence-electron chi connectivity index (χ1n) is 24.5. The second-order valence-corrected chi connectivity index (χ2v) is 19.5. The molecule has 4 heteroatoms. The smallest absolute Gasteiger partial charge is 0.164 e. The molecule has 0 saturated carbocycles. The van der Waals surface area contributed by atoms with E-state index in [0.717, 1.165) is 33.5 Å². The summed E-state index contributed by atoms with van der Waals surface area (Å²) in [5, 5.41) is 0. The van der Waals surface area contributed by atoms with E-state index < -0.39 is 5.41 Å². The molecule has 2 heterocycles. The predicted octanol–water partition coefficient (Wildman–Crippen LogP) is 16.7. The Kier molecular flexibility index (Phi) is 9.12. The fourth-order valence-corrected chi connectivity index (χ4v) is 12.1. The Morgan fingerprint density at radius 3 is 1.45 bits per heavy atom. The number of rotatable bonds is 6. The van der Waals surface area contributed by atoms with Crippen molar-refractivity contribution < 1.29 is 0 Å². The molecule has 0 radical (unpaired) electrons. The normalized spacial score (nSPS) is 14.0. The molecule has 1 aliphatic heterocycles. The quantitative estimate of drug-likeness (QED) is 0.167. The van der Waals surface area contributed by atoms with Gasteiger partial charge in [0.1, 0.15) is 0 Å². The maximum absolute atomic E-state index is 5.16. The van der Waals surface area contributed by atoms with E-state index in [1.807, 2.05) is 36.4 Å². The molecular weight excluding hydrogens is 861 g/mol. The van der Waals surface area contributed by atoms with Crippen LogP contribution in [-0.4, -0.2) is 15.0 Å². The number of hydrogen-bond donors (Lipinski definition) is 0. The van der Waals surface area contributed by atoms with Gasteiger partial charge in [0.05, 0.1) is 16.8 Å². The van der Waals surface area contributed by atoms with Crippen LogP contribution >= 0.6 is 0 Å². The van der Waals surface area contributed by atoms with Crippen LogP contribution < -0.4 is 4.90 Å². The van der Waals surface area contributed by atoms with Crippen LogP contribution in [0.2, 0.25) is 0 Å². The highest BCUT2D eigenvalue weighted by molar-refractivity contribution is 6.01. The lowest BCUT2D eigenvalue weighted by Crippen LogP contribution is -2.36. The first-order chi connectivity index (χ1) is 35.0. The van der Waals surface area contributed by atoms with Gasteiger partial charge in [-0.2, -0.15) is 0 Å². The van der Waals surface area contributed by atoms with Crippen LogP contribution in [0.5, 0.6) is 0 Å². The molecular formula is C67H46N4. The van der Waals surface area contributed by atoms with Gasteiger partial charge in [-0.05, 0) is 120 Å². The summed E-state index contributed by atoms with van der Waals surface area (Å²) in [6, 6.07) is 88.3. The van der Waals surface area contributed by atoms with E-state index >= 15 is 0 Å². The molecule has 0 bridgehead atoms. The van der Waals surface area contributed by atoms with Gasteiger partial charge in [0.15, 0.2) is 17.5 Å². The van der Waals surface area contributed by atoms with E-state index in [4.69, 9.17) is 15.0 Å². The number of benzene rings is 10. The van der Waals surface area contributed by atoms with Crippen molar-refractivity contribution in [3.05, 3.63) is 276 Å². The molecule has 3 aliphatic rings. The van der Waals surface area contributed by atoms with Gasteiger partial charge in [-0.3, -0.25) is 0 Å². The van der Waals surface area contributed by atoms with Crippen molar-refractivity contribution in [1.82, 2.24) is 15.0 Å². The largest absolute Gasteiger partial charge is 0.310 e. The standard InChI is InChI=1S/C67H46N4/c1-66(2)54-30-13-12-28-51(54)52-38-36-46(42-59(52)66)45-37-39-55-53(41-45)62-50(47-24-18-25-48(40-47)65-69-63(43-20-6-3-7-21-43)68-64(70-65)44-22-8-4-9-23-44)29-19-33-58(62)67(55)56-31-14-16-34-60(56)71(49-26-10-5-11-27-49)61-35-17-15-32-57(61)67/h3-42H,1-2H3. The van der Waals surface area contributed by atoms with E-state index in [2.05, 4.69) is 225 Å². The van der Waals surface area contributed by atoms with Gasteiger partial charge >= 0.3 is 0 Å². The number of fused-ring (bicyclic) bond motifs is 12. The van der Waals surface area contributed by atoms with Crippen molar-refractivity contribution in [3.8, 4) is 78.7 Å². The number of aromatic nitrogens is 3. The fraction of sp³-hybridized carbons (Fsp3) is 0.0597. The van der Waals surface area contributed by atoms with Crippen molar-refractivity contribution in [1.29, 1.82) is 0 Å². The lowest BCUT2D eigenvalue weighted by molar-refractivity contribution is 0.660. The van der Waals surface area contributed by atoms with Crippen LogP contribution in [0.3, 0.4) is 0 Å². The Bertz CT molecular complexity index is 3810. The van der Waals surface area contributed by atoms with Gasteiger partial charge in [-0.15, -0.1) is 0 Å². The molecule has 1 spiro atoms. The van der Waals surface area contributed by atoms with Crippen LogP contribution in [0.25, 0.3) is 78.7 Å². The van der Waals surface area contributed by atoms with E-state index in [0.29, 0.717) is 17.5 Å². The van der Waals surface area contributed by atoms with Gasteiger partial charge in [0.25, 0.3) is 0 Å². The minimum absolute atomic E-state index is 0.115. The maximum Gasteiger partial charge on any atom is 0.164 e. The fourth-order valence-electron chi connectivity index (χ4n) is 12.1. The van der Waals surface area contributed by atoms with Gasteiger partial charge < -0.3 is 4.90 Å². The van der Waals surface area contributed by atoms with Crippen LogP contribution in [-0.2, 0) is 10.8 Å². The molecule has 0 saturated heterocycles. The zero-order valence-electron chi connectivity index (χ0n) is 39.4. The number of nitrogens with zero attached hydrogens (tertiary/aromatic N) is 4. The first-order valence-corrected chi connectivity index (χ1v) is 24.5. The molecule has 334 valence electrons. The summed E-state index contributed by atoms with van der Waals surface area (Å²) in [6.45, 7) is 4.73. The Balaban J connectivity index is 1.01. The van der Waals surface area contributed by atoms with E-state index in [1.54, 1.807) is 0 Å². The second kappa shape index (κ2) is 15.8. The van der Waals surface area contributed by atoms with Gasteiger partial charge in [0, 0.05) is 27.8 Å². The number of para-hydroxylation sites is 3. The van der Waals surface area contributed by atoms with Crippen molar-refractivity contribution >= 4 is 17.1 Å². The molecule has 2 aliphatic carbocycles. The molecule has 0 amide bonds. The topological polar surface area (TPSA) is 41.9 Å². The average molecular weight is 907 g/mol. The lowest BCUT2D eigenvalue weighted by Gasteiger charge is -2.45. The van der Waals surface area contributed by atoms with Crippen LogP contribution in [0.4, 0.5) is 17.1 Å². The summed E-state index contributed by atoms with van der Waals surface area (Å²) in [5.41, 5.74) is 23.1. The first kappa shape index (κ1) is 41.0. The number of hydrogen-bond acceptors (Lipinski definition) is 4. The second-order valence-electron chi connectivity index (χ2n) is 19.5. The summed E-state index contributed by atoms with van der Waals surface area (Å²) < 4.78 is 0. The minimum atomic E-state index is -0.625. The molecule has 14 rings (SSSR count). The minimum Gasteiger partial charge on any atom is -0.310 e. The molecule has 0 unspecified atom stereocenters. The molecule has 0 N–H and O–H groups in total. The Morgan fingerprint density at radius 1 is 0.296 bits per heavy atom. The molecule has 4 nitrogen and oxygen atoms in total. The van der Waals surface area contributed by atoms with Crippen molar-refractivity contribution in [2.24, 2.45) is 0 Å². The Labute approximate surface area is 414 Å². The molecule has 0 fully saturated rings.